The van der Waals surface area contributed by atoms with E-state index in [1.54, 1.807) is 6.08 Å². The van der Waals surface area contributed by atoms with Crippen molar-refractivity contribution in [3.8, 4) is 0 Å². The molecule has 0 bridgehead atoms. The van der Waals surface area contributed by atoms with Crippen molar-refractivity contribution in [1.29, 1.82) is 0 Å². The zero-order valence-corrected chi connectivity index (χ0v) is 44.0. The Bertz CT molecular complexity index is 1270. The molecule has 2 heterocycles. The first-order chi connectivity index (χ1) is 34.1. The molecule has 14 heteroatoms. The lowest BCUT2D eigenvalue weighted by atomic mass is 9.97. The molecule has 12 atom stereocenters. The summed E-state index contributed by atoms with van der Waals surface area (Å²) in [6.07, 6.45) is 32.8. The SMILES string of the molecule is CCCC/C=C/CC/C=C/C(O)C(COC1OC(CO)C(OC2OC(CO)C(O)C(O)C2O)C(O)C1O)NC(=O)CCCCCCCCCCCCCCCCCCCCCCCCCCCCCC. The molecule has 0 saturated carbocycles. The quantitative estimate of drug-likeness (QED) is 0.0205. The molecule has 2 aliphatic heterocycles. The number of carbonyl (C=O) groups excluding carboxylic acids is 1. The Balaban J connectivity index is 1.63. The lowest BCUT2D eigenvalue weighted by Gasteiger charge is -2.46. The number of unbranched alkanes of at least 4 members (excludes halogenated alkanes) is 30. The summed E-state index contributed by atoms with van der Waals surface area (Å²) in [5.74, 6) is -0.249. The molecule has 2 aliphatic rings. The molecule has 0 spiro atoms. The molecular weight excluding hydrogens is 895 g/mol. The first-order valence-electron chi connectivity index (χ1n) is 28.6. The summed E-state index contributed by atoms with van der Waals surface area (Å²) in [6, 6.07) is -0.925. The molecule has 9 N–H and O–H groups in total. The second-order valence-electron chi connectivity index (χ2n) is 20.4. The van der Waals surface area contributed by atoms with Crippen LogP contribution in [0.2, 0.25) is 0 Å². The second kappa shape index (κ2) is 42.8. The maximum absolute atomic E-state index is 13.2. The van der Waals surface area contributed by atoms with Crippen molar-refractivity contribution in [2.45, 2.75) is 306 Å². The molecule has 2 saturated heterocycles. The highest BCUT2D eigenvalue weighted by molar-refractivity contribution is 5.76. The predicted molar refractivity (Wildman–Crippen MR) is 277 cm³/mol. The van der Waals surface area contributed by atoms with Crippen molar-refractivity contribution in [2.24, 2.45) is 0 Å². The van der Waals surface area contributed by atoms with Gasteiger partial charge in [0, 0.05) is 6.42 Å². The van der Waals surface area contributed by atoms with Crippen LogP contribution in [0.25, 0.3) is 0 Å². The fourth-order valence-electron chi connectivity index (χ4n) is 9.47. The summed E-state index contributed by atoms with van der Waals surface area (Å²) in [6.45, 7) is 2.71. The average molecular weight is 1000 g/mol. The van der Waals surface area contributed by atoms with Gasteiger partial charge in [-0.3, -0.25) is 4.79 Å². The predicted octanol–water partition coefficient (Wildman–Crippen LogP) is 8.89. The van der Waals surface area contributed by atoms with E-state index < -0.39 is 86.8 Å². The normalized spacial score (nSPS) is 26.1. The van der Waals surface area contributed by atoms with Crippen molar-refractivity contribution in [1.82, 2.24) is 5.32 Å². The largest absolute Gasteiger partial charge is 0.394 e. The van der Waals surface area contributed by atoms with Gasteiger partial charge in [-0.05, 0) is 25.7 Å². The summed E-state index contributed by atoms with van der Waals surface area (Å²) in [5, 5.41) is 86.6. The topological polar surface area (TPSA) is 228 Å². The Morgan fingerprint density at radius 1 is 0.500 bits per heavy atom. The first-order valence-corrected chi connectivity index (χ1v) is 28.6. The van der Waals surface area contributed by atoms with E-state index in [2.05, 4.69) is 31.3 Å². The first kappa shape index (κ1) is 64.6. The molecule has 12 unspecified atom stereocenters. The molecule has 412 valence electrons. The summed E-state index contributed by atoms with van der Waals surface area (Å²) in [5.41, 5.74) is 0. The molecule has 2 rings (SSSR count). The zero-order valence-electron chi connectivity index (χ0n) is 44.0. The lowest BCUT2D eigenvalue weighted by molar-refractivity contribution is -0.359. The number of nitrogens with one attached hydrogen (secondary N) is 1. The second-order valence-corrected chi connectivity index (χ2v) is 20.4. The number of hydrogen-bond acceptors (Lipinski definition) is 13. The molecule has 70 heavy (non-hydrogen) atoms. The number of aliphatic hydroxyl groups is 8. The number of ether oxygens (including phenoxy) is 4. The van der Waals surface area contributed by atoms with E-state index in [1.807, 2.05) is 6.08 Å². The molecule has 0 aromatic rings. The van der Waals surface area contributed by atoms with Crippen LogP contribution in [0.4, 0.5) is 0 Å². The number of amides is 1. The monoisotopic (exact) mass is 1000 g/mol. The Hall–Kier alpha value is -1.53. The van der Waals surface area contributed by atoms with E-state index in [9.17, 15) is 45.6 Å². The maximum atomic E-state index is 13.2. The number of carbonyl (C=O) groups is 1. The van der Waals surface area contributed by atoms with Crippen molar-refractivity contribution in [3.05, 3.63) is 24.3 Å². The molecule has 14 nitrogen and oxygen atoms in total. The fourth-order valence-corrected chi connectivity index (χ4v) is 9.47. The van der Waals surface area contributed by atoms with E-state index in [0.29, 0.717) is 12.8 Å². The van der Waals surface area contributed by atoms with Gasteiger partial charge in [0.1, 0.15) is 48.8 Å². The zero-order chi connectivity index (χ0) is 51.0. The van der Waals surface area contributed by atoms with E-state index in [-0.39, 0.29) is 18.9 Å². The molecule has 0 aliphatic carbocycles. The van der Waals surface area contributed by atoms with Gasteiger partial charge in [0.2, 0.25) is 5.91 Å². The third-order valence-electron chi connectivity index (χ3n) is 14.1. The van der Waals surface area contributed by atoms with E-state index in [1.165, 1.54) is 154 Å². The van der Waals surface area contributed by atoms with Crippen molar-refractivity contribution >= 4 is 5.91 Å². The van der Waals surface area contributed by atoms with E-state index in [0.717, 1.165) is 44.9 Å². The van der Waals surface area contributed by atoms with Crippen LogP contribution in [0, 0.1) is 0 Å². The summed E-state index contributed by atoms with van der Waals surface area (Å²) in [7, 11) is 0. The Kier molecular flexibility index (Phi) is 39.5. The van der Waals surface area contributed by atoms with Gasteiger partial charge in [0.15, 0.2) is 12.6 Å². The number of allylic oxidation sites excluding steroid dienone is 3. The van der Waals surface area contributed by atoms with Gasteiger partial charge in [-0.25, -0.2) is 0 Å². The van der Waals surface area contributed by atoms with Gasteiger partial charge in [0.25, 0.3) is 0 Å². The highest BCUT2D eigenvalue weighted by atomic mass is 16.7. The molecule has 1 amide bonds. The Morgan fingerprint density at radius 2 is 0.914 bits per heavy atom. The lowest BCUT2D eigenvalue weighted by Crippen LogP contribution is -2.65. The summed E-state index contributed by atoms with van der Waals surface area (Å²) >= 11 is 0. The van der Waals surface area contributed by atoms with Gasteiger partial charge in [0.05, 0.1) is 32.0 Å². The fraction of sp³-hybridized carbons (Fsp3) is 0.911. The number of aliphatic hydroxyl groups excluding tert-OH is 8. The van der Waals surface area contributed by atoms with Gasteiger partial charge < -0.3 is 65.1 Å². The minimum Gasteiger partial charge on any atom is -0.394 e. The molecule has 0 aromatic heterocycles. The van der Waals surface area contributed by atoms with Gasteiger partial charge in [-0.2, -0.15) is 0 Å². The van der Waals surface area contributed by atoms with Gasteiger partial charge in [-0.1, -0.05) is 224 Å². The minimum atomic E-state index is -1.79. The van der Waals surface area contributed by atoms with Crippen molar-refractivity contribution in [2.75, 3.05) is 19.8 Å². The highest BCUT2D eigenvalue weighted by Crippen LogP contribution is 2.30. The van der Waals surface area contributed by atoms with Crippen molar-refractivity contribution < 1.29 is 64.6 Å². The van der Waals surface area contributed by atoms with Crippen LogP contribution in [-0.2, 0) is 23.7 Å². The maximum Gasteiger partial charge on any atom is 0.220 e. The summed E-state index contributed by atoms with van der Waals surface area (Å²) in [4.78, 5) is 13.2. The van der Waals surface area contributed by atoms with Crippen LogP contribution in [0.5, 0.6) is 0 Å². The molecule has 2 fully saturated rings. The van der Waals surface area contributed by atoms with Crippen LogP contribution < -0.4 is 5.32 Å². The van der Waals surface area contributed by atoms with Crippen LogP contribution in [0.3, 0.4) is 0 Å². The average Bonchev–Trinajstić information content (AvgIpc) is 3.36. The number of hydrogen-bond donors (Lipinski definition) is 9. The smallest absolute Gasteiger partial charge is 0.220 e. The molecular formula is C56H105NO13. The molecule has 0 radical (unpaired) electrons. The molecule has 0 aromatic carbocycles. The van der Waals surface area contributed by atoms with Gasteiger partial charge in [-0.15, -0.1) is 0 Å². The Morgan fingerprint density at radius 3 is 1.39 bits per heavy atom. The van der Waals surface area contributed by atoms with Crippen LogP contribution >= 0.6 is 0 Å². The van der Waals surface area contributed by atoms with Crippen LogP contribution in [-0.4, -0.2) is 140 Å². The number of rotatable bonds is 45. The summed E-state index contributed by atoms with van der Waals surface area (Å²) < 4.78 is 22.6. The standard InChI is InChI=1S/C56H105NO13/c1-3-5-7-9-11-13-14-15-16-17-18-19-20-21-22-23-24-25-26-27-28-29-30-31-32-34-36-38-40-48(61)57-44(45(60)39-37-35-33-12-10-8-6-4-2)43-67-55-53(66)51(64)54(47(42-59)69-55)70-56-52(65)50(63)49(62)46(41-58)68-56/h10,12,37,39,44-47,49-56,58-60,62-66H,3-9,11,13-36,38,40-43H2,1-2H3,(H,57,61)/b12-10+,39-37+. The van der Waals surface area contributed by atoms with E-state index >= 15 is 0 Å². The van der Waals surface area contributed by atoms with E-state index in [4.69, 9.17) is 18.9 Å². The minimum absolute atomic E-state index is 0.249. The van der Waals surface area contributed by atoms with Crippen LogP contribution in [0.1, 0.15) is 232 Å². The van der Waals surface area contributed by atoms with Gasteiger partial charge >= 0.3 is 0 Å². The third kappa shape index (κ3) is 28.8. The third-order valence-corrected chi connectivity index (χ3v) is 14.1. The Labute approximate surface area is 424 Å². The highest BCUT2D eigenvalue weighted by Gasteiger charge is 2.51. The van der Waals surface area contributed by atoms with Crippen molar-refractivity contribution in [3.63, 3.8) is 0 Å². The van der Waals surface area contributed by atoms with Crippen LogP contribution in [0.15, 0.2) is 24.3 Å².